The number of nitrogens with zero attached hydrogens (tertiary/aromatic N) is 3. The van der Waals surface area contributed by atoms with Gasteiger partial charge in [-0.3, -0.25) is 0 Å². The van der Waals surface area contributed by atoms with Gasteiger partial charge in [-0.15, -0.1) is 0 Å². The maximum absolute atomic E-state index is 9.37. The largest absolute Gasteiger partial charge is 0.508 e. The lowest BCUT2D eigenvalue weighted by atomic mass is 10.1. The normalized spacial score (nSPS) is 11.7. The summed E-state index contributed by atoms with van der Waals surface area (Å²) in [6, 6.07) is 20.7. The van der Waals surface area contributed by atoms with Crippen molar-refractivity contribution >= 4 is 33.2 Å². The first-order valence-electron chi connectivity index (χ1n) is 8.09. The summed E-state index contributed by atoms with van der Waals surface area (Å²) < 4.78 is 2.12. The van der Waals surface area contributed by atoms with Crippen LogP contribution < -0.4 is 0 Å². The molecule has 0 saturated heterocycles. The number of fused-ring (bicyclic) bond motifs is 3. The Labute approximate surface area is 144 Å². The Morgan fingerprint density at radius 3 is 2.24 bits per heavy atom. The maximum Gasteiger partial charge on any atom is 0.115 e. The van der Waals surface area contributed by atoms with E-state index < -0.39 is 0 Å². The predicted octanol–water partition coefficient (Wildman–Crippen LogP) is 4.91. The van der Waals surface area contributed by atoms with E-state index in [2.05, 4.69) is 26.9 Å². The molecule has 0 fully saturated rings. The lowest BCUT2D eigenvalue weighted by Crippen LogP contribution is -2.00. The third kappa shape index (κ3) is 2.86. The Hall–Kier alpha value is -3.18. The van der Waals surface area contributed by atoms with Gasteiger partial charge in [-0.25, -0.2) is 0 Å². The molecule has 124 valence electrons. The van der Waals surface area contributed by atoms with E-state index >= 15 is 0 Å². The smallest absolute Gasteiger partial charge is 0.115 e. The highest BCUT2D eigenvalue weighted by atomic mass is 16.3. The van der Waals surface area contributed by atoms with Crippen molar-refractivity contribution in [2.45, 2.75) is 6.54 Å². The van der Waals surface area contributed by atoms with Gasteiger partial charge in [-0.2, -0.15) is 10.2 Å². The van der Waals surface area contributed by atoms with Crippen molar-refractivity contribution < 1.29 is 10.2 Å². The van der Waals surface area contributed by atoms with E-state index in [1.54, 1.807) is 24.3 Å². The Morgan fingerprint density at radius 2 is 1.44 bits per heavy atom. The van der Waals surface area contributed by atoms with Gasteiger partial charge < -0.3 is 14.8 Å². The fourth-order valence-corrected chi connectivity index (χ4v) is 3.08. The van der Waals surface area contributed by atoms with Crippen LogP contribution in [-0.4, -0.2) is 21.4 Å². The molecular formula is C20H17N3O2. The molecule has 2 N–H and O–H groups in total. The highest BCUT2D eigenvalue weighted by Gasteiger charge is 2.10. The zero-order valence-electron chi connectivity index (χ0n) is 13.5. The first-order valence-corrected chi connectivity index (χ1v) is 8.09. The van der Waals surface area contributed by atoms with Gasteiger partial charge in [0.25, 0.3) is 0 Å². The van der Waals surface area contributed by atoms with Crippen molar-refractivity contribution in [3.05, 3.63) is 66.7 Å². The quantitative estimate of drug-likeness (QED) is 0.522. The summed E-state index contributed by atoms with van der Waals surface area (Å²) in [4.78, 5) is 0. The number of aliphatic hydroxyl groups is 1. The van der Waals surface area contributed by atoms with Gasteiger partial charge in [0.2, 0.25) is 0 Å². The average Bonchev–Trinajstić information content (AvgIpc) is 2.95. The summed E-state index contributed by atoms with van der Waals surface area (Å²) in [5, 5.41) is 29.4. The van der Waals surface area contributed by atoms with Crippen LogP contribution in [0.5, 0.6) is 5.75 Å². The molecule has 0 aliphatic rings. The van der Waals surface area contributed by atoms with E-state index in [0.29, 0.717) is 12.2 Å². The number of phenolic OH excluding ortho intramolecular Hbond substituents is 1. The van der Waals surface area contributed by atoms with Crippen LogP contribution in [0.4, 0.5) is 11.4 Å². The van der Waals surface area contributed by atoms with Crippen LogP contribution in [0, 0.1) is 0 Å². The molecule has 0 unspecified atom stereocenters. The second-order valence-electron chi connectivity index (χ2n) is 5.81. The Morgan fingerprint density at radius 1 is 0.760 bits per heavy atom. The van der Waals surface area contributed by atoms with E-state index in [0.717, 1.165) is 27.5 Å². The van der Waals surface area contributed by atoms with Crippen LogP contribution in [-0.2, 0) is 6.54 Å². The van der Waals surface area contributed by atoms with E-state index in [1.807, 2.05) is 30.3 Å². The molecule has 0 bridgehead atoms. The van der Waals surface area contributed by atoms with E-state index in [-0.39, 0.29) is 12.4 Å². The molecule has 4 aromatic rings. The van der Waals surface area contributed by atoms with Crippen molar-refractivity contribution in [2.24, 2.45) is 10.2 Å². The molecule has 1 aromatic heterocycles. The Balaban J connectivity index is 1.79. The third-order valence-corrected chi connectivity index (χ3v) is 4.21. The third-order valence-electron chi connectivity index (χ3n) is 4.21. The molecule has 0 aliphatic heterocycles. The van der Waals surface area contributed by atoms with Crippen molar-refractivity contribution in [1.29, 1.82) is 0 Å². The number of phenols is 1. The van der Waals surface area contributed by atoms with E-state index in [1.165, 1.54) is 0 Å². The van der Waals surface area contributed by atoms with Gasteiger partial charge in [-0.1, -0.05) is 18.2 Å². The molecule has 0 atom stereocenters. The minimum absolute atomic E-state index is 0.0933. The lowest BCUT2D eigenvalue weighted by Gasteiger charge is -2.04. The van der Waals surface area contributed by atoms with Gasteiger partial charge in [0, 0.05) is 28.4 Å². The molecule has 0 saturated carbocycles. The molecule has 0 aliphatic carbocycles. The standard InChI is InChI=1S/C20H17N3O2/c24-12-11-23-19-4-2-1-3-17(19)18-13-15(7-10-20(18)23)22-21-14-5-8-16(25)9-6-14/h1-10,13,24-25H,11-12H2. The summed E-state index contributed by atoms with van der Waals surface area (Å²) >= 11 is 0. The zero-order valence-corrected chi connectivity index (χ0v) is 13.5. The number of benzene rings is 3. The number of azo groups is 1. The monoisotopic (exact) mass is 331 g/mol. The summed E-state index contributed by atoms with van der Waals surface area (Å²) in [6.45, 7) is 0.647. The van der Waals surface area contributed by atoms with Crippen LogP contribution in [0.15, 0.2) is 77.0 Å². The molecule has 4 rings (SSSR count). The molecule has 5 heteroatoms. The number of rotatable bonds is 4. The molecule has 1 heterocycles. The van der Waals surface area contributed by atoms with Gasteiger partial charge in [0.05, 0.1) is 18.0 Å². The van der Waals surface area contributed by atoms with Crippen molar-refractivity contribution in [3.63, 3.8) is 0 Å². The van der Waals surface area contributed by atoms with Crippen LogP contribution in [0.2, 0.25) is 0 Å². The number of aromatic hydroxyl groups is 1. The van der Waals surface area contributed by atoms with Crippen LogP contribution in [0.1, 0.15) is 0 Å². The first-order chi connectivity index (χ1) is 12.3. The lowest BCUT2D eigenvalue weighted by molar-refractivity contribution is 0.280. The van der Waals surface area contributed by atoms with E-state index in [9.17, 15) is 10.2 Å². The minimum Gasteiger partial charge on any atom is -0.508 e. The highest BCUT2D eigenvalue weighted by Crippen LogP contribution is 2.32. The molecule has 0 radical (unpaired) electrons. The van der Waals surface area contributed by atoms with Crippen molar-refractivity contribution in [1.82, 2.24) is 4.57 Å². The number of hydrogen-bond acceptors (Lipinski definition) is 4. The summed E-state index contributed by atoms with van der Waals surface area (Å²) in [5.41, 5.74) is 3.60. The molecular weight excluding hydrogens is 314 g/mol. The number of aliphatic hydroxyl groups excluding tert-OH is 1. The fraction of sp³-hybridized carbons (Fsp3) is 0.100. The van der Waals surface area contributed by atoms with Gasteiger partial charge >= 0.3 is 0 Å². The Bertz CT molecular complexity index is 1070. The van der Waals surface area contributed by atoms with Crippen LogP contribution in [0.3, 0.4) is 0 Å². The predicted molar refractivity (Wildman–Crippen MR) is 98.8 cm³/mol. The van der Waals surface area contributed by atoms with Gasteiger partial charge in [0.15, 0.2) is 0 Å². The molecule has 0 spiro atoms. The zero-order chi connectivity index (χ0) is 17.2. The van der Waals surface area contributed by atoms with Crippen LogP contribution in [0.25, 0.3) is 21.8 Å². The Kier molecular flexibility index (Phi) is 3.91. The second-order valence-corrected chi connectivity index (χ2v) is 5.81. The number of para-hydroxylation sites is 1. The summed E-state index contributed by atoms with van der Waals surface area (Å²) in [7, 11) is 0. The van der Waals surface area contributed by atoms with Crippen molar-refractivity contribution in [3.8, 4) is 5.75 Å². The molecule has 3 aromatic carbocycles. The second kappa shape index (κ2) is 6.37. The van der Waals surface area contributed by atoms with Crippen molar-refractivity contribution in [2.75, 3.05) is 6.61 Å². The number of hydrogen-bond donors (Lipinski definition) is 2. The maximum atomic E-state index is 9.37. The van der Waals surface area contributed by atoms with Gasteiger partial charge in [-0.05, 0) is 48.5 Å². The van der Waals surface area contributed by atoms with Crippen LogP contribution >= 0.6 is 0 Å². The summed E-state index contributed by atoms with van der Waals surface area (Å²) in [5.74, 6) is 0.206. The summed E-state index contributed by atoms with van der Waals surface area (Å²) in [6.07, 6.45) is 0. The molecule has 0 amide bonds. The average molecular weight is 331 g/mol. The fourth-order valence-electron chi connectivity index (χ4n) is 3.08. The molecule has 25 heavy (non-hydrogen) atoms. The topological polar surface area (TPSA) is 70.1 Å². The minimum atomic E-state index is 0.0933. The highest BCUT2D eigenvalue weighted by molar-refractivity contribution is 6.08. The van der Waals surface area contributed by atoms with Gasteiger partial charge in [0.1, 0.15) is 5.75 Å². The SMILES string of the molecule is OCCn1c2ccccc2c2cc(N=Nc3ccc(O)cc3)ccc21. The number of aromatic nitrogens is 1. The molecule has 5 nitrogen and oxygen atoms in total. The van der Waals surface area contributed by atoms with E-state index in [4.69, 9.17) is 0 Å². The first kappa shape index (κ1) is 15.4.